The second-order valence-electron chi connectivity index (χ2n) is 9.24. The predicted molar refractivity (Wildman–Crippen MR) is 152 cm³/mol. The lowest BCUT2D eigenvalue weighted by Crippen LogP contribution is -2.26. The first-order chi connectivity index (χ1) is 18.9. The molecule has 206 valence electrons. The number of fused-ring (bicyclic) bond motifs is 1. The average molecular weight is 552 g/mol. The van der Waals surface area contributed by atoms with Crippen LogP contribution in [0.15, 0.2) is 70.8 Å². The summed E-state index contributed by atoms with van der Waals surface area (Å²) in [4.78, 5) is 26.4. The minimum absolute atomic E-state index is 0.0268. The highest BCUT2D eigenvalue weighted by molar-refractivity contribution is 7.10. The smallest absolute Gasteiger partial charge is 0.405 e. The zero-order valence-corrected chi connectivity index (χ0v) is 22.2. The van der Waals surface area contributed by atoms with Crippen molar-refractivity contribution in [3.05, 3.63) is 92.4 Å². The minimum Gasteiger partial charge on any atom is -0.506 e. The number of benzene rings is 2. The summed E-state index contributed by atoms with van der Waals surface area (Å²) in [6, 6.07) is 17.0. The fourth-order valence-corrected chi connectivity index (χ4v) is 5.28. The minimum atomic E-state index is -1.07. The van der Waals surface area contributed by atoms with Crippen molar-refractivity contribution < 1.29 is 24.9 Å². The van der Waals surface area contributed by atoms with Gasteiger partial charge in [0.15, 0.2) is 0 Å². The van der Waals surface area contributed by atoms with Crippen LogP contribution in [-0.2, 0) is 0 Å². The number of carbonyl (C=O) groups is 1. The van der Waals surface area contributed by atoms with Crippen molar-refractivity contribution in [1.29, 1.82) is 0 Å². The van der Waals surface area contributed by atoms with Crippen LogP contribution in [0.2, 0.25) is 0 Å². The molecule has 39 heavy (non-hydrogen) atoms. The Labute approximate surface area is 230 Å². The van der Waals surface area contributed by atoms with Crippen molar-refractivity contribution in [3.63, 3.8) is 0 Å². The molecule has 2 aromatic heterocycles. The molecule has 0 saturated carbocycles. The normalized spacial score (nSPS) is 12.7. The summed E-state index contributed by atoms with van der Waals surface area (Å²) in [6.45, 7) is 1.69. The van der Waals surface area contributed by atoms with E-state index in [0.717, 1.165) is 42.7 Å². The lowest BCUT2D eigenvalue weighted by molar-refractivity contribution is 0.176. The highest BCUT2D eigenvalue weighted by Crippen LogP contribution is 2.29. The number of aromatic hydroxyl groups is 1. The van der Waals surface area contributed by atoms with Crippen LogP contribution in [0.5, 0.6) is 11.5 Å². The number of aromatic amines is 1. The number of rotatable bonds is 14. The van der Waals surface area contributed by atoms with Crippen molar-refractivity contribution in [2.75, 3.05) is 19.7 Å². The summed E-state index contributed by atoms with van der Waals surface area (Å²) in [6.07, 6.45) is 2.02. The molecule has 1 amide bonds. The summed E-state index contributed by atoms with van der Waals surface area (Å²) in [5.41, 5.74) is 1.50. The standard InChI is InChI=1S/C29H33N3O6S/c33-23-12-10-21(22-11-13-26(35)31-28(22)23)24(34)18-30-14-3-1-2-4-15-38-20-8-5-7-19(17-20)27(32-29(36)37)25-9-6-16-39-25/h5-13,16-17,24,27,30,32-34H,1-4,14-15,18H2,(H,31,35)(H,36,37). The van der Waals surface area contributed by atoms with Crippen LogP contribution < -0.4 is 20.9 Å². The number of nitrogens with one attached hydrogen (secondary N) is 3. The van der Waals surface area contributed by atoms with Gasteiger partial charge >= 0.3 is 6.09 Å². The zero-order valence-electron chi connectivity index (χ0n) is 21.4. The molecule has 9 nitrogen and oxygen atoms in total. The number of aliphatic hydroxyl groups is 1. The summed E-state index contributed by atoms with van der Waals surface area (Å²) in [5, 5.41) is 38.3. The summed E-state index contributed by atoms with van der Waals surface area (Å²) < 4.78 is 5.92. The fourth-order valence-electron chi connectivity index (χ4n) is 4.48. The molecule has 0 spiro atoms. The second kappa shape index (κ2) is 13.8. The van der Waals surface area contributed by atoms with Gasteiger partial charge in [-0.15, -0.1) is 11.3 Å². The third-order valence-corrected chi connectivity index (χ3v) is 7.34. The van der Waals surface area contributed by atoms with Crippen molar-refractivity contribution in [2.24, 2.45) is 0 Å². The van der Waals surface area contributed by atoms with Crippen molar-refractivity contribution in [3.8, 4) is 11.5 Å². The maximum absolute atomic E-state index is 11.6. The van der Waals surface area contributed by atoms with Gasteiger partial charge in [-0.1, -0.05) is 37.1 Å². The number of phenolic OH excluding ortho intramolecular Hbond substituents is 1. The lowest BCUT2D eigenvalue weighted by atomic mass is 10.0. The van der Waals surface area contributed by atoms with Crippen LogP contribution in [0.4, 0.5) is 4.79 Å². The number of aromatic nitrogens is 1. The zero-order chi connectivity index (χ0) is 27.6. The first-order valence-corrected chi connectivity index (χ1v) is 13.8. The maximum Gasteiger partial charge on any atom is 0.405 e. The van der Waals surface area contributed by atoms with Gasteiger partial charge in [0.1, 0.15) is 11.5 Å². The van der Waals surface area contributed by atoms with Crippen LogP contribution in [0.25, 0.3) is 10.9 Å². The number of thiophene rings is 1. The Bertz CT molecular complexity index is 1420. The Morgan fingerprint density at radius 3 is 2.67 bits per heavy atom. The van der Waals surface area contributed by atoms with Gasteiger partial charge in [-0.25, -0.2) is 4.79 Å². The van der Waals surface area contributed by atoms with Gasteiger partial charge in [-0.2, -0.15) is 0 Å². The number of carboxylic acid groups (broad SMARTS) is 1. The predicted octanol–water partition coefficient (Wildman–Crippen LogP) is 4.91. The highest BCUT2D eigenvalue weighted by Gasteiger charge is 2.18. The van der Waals surface area contributed by atoms with Gasteiger partial charge < -0.3 is 35.7 Å². The van der Waals surface area contributed by atoms with E-state index in [4.69, 9.17) is 4.74 Å². The molecule has 4 rings (SSSR count). The first kappa shape index (κ1) is 28.2. The van der Waals surface area contributed by atoms with Crippen molar-refractivity contribution in [1.82, 2.24) is 15.6 Å². The molecule has 2 unspecified atom stereocenters. The fraction of sp³-hybridized carbons (Fsp3) is 0.310. The van der Waals surface area contributed by atoms with E-state index in [-0.39, 0.29) is 11.3 Å². The van der Waals surface area contributed by atoms with E-state index in [0.29, 0.717) is 35.4 Å². The van der Waals surface area contributed by atoms with Gasteiger partial charge in [0.05, 0.1) is 24.3 Å². The largest absolute Gasteiger partial charge is 0.506 e. The van der Waals surface area contributed by atoms with Crippen LogP contribution in [0, 0.1) is 0 Å². The molecule has 4 aromatic rings. The third-order valence-electron chi connectivity index (χ3n) is 6.41. The van der Waals surface area contributed by atoms with E-state index in [1.165, 1.54) is 23.5 Å². The molecule has 2 atom stereocenters. The first-order valence-electron chi connectivity index (χ1n) is 12.9. The number of ether oxygens (including phenoxy) is 1. The number of phenols is 1. The maximum atomic E-state index is 11.6. The molecule has 2 aromatic carbocycles. The Morgan fingerprint density at radius 2 is 1.87 bits per heavy atom. The SMILES string of the molecule is O=C(O)NC(c1cccc(OCCCCCCNCC(O)c2ccc(O)c3[nH]c(=O)ccc23)c1)c1cccs1. The van der Waals surface area contributed by atoms with E-state index >= 15 is 0 Å². The molecule has 0 aliphatic rings. The monoisotopic (exact) mass is 551 g/mol. The van der Waals surface area contributed by atoms with Gasteiger partial charge in [0.2, 0.25) is 5.56 Å². The Balaban J connectivity index is 1.15. The Kier molecular flexibility index (Phi) is 9.96. The Hall–Kier alpha value is -3.86. The molecule has 10 heteroatoms. The van der Waals surface area contributed by atoms with E-state index in [2.05, 4.69) is 15.6 Å². The van der Waals surface area contributed by atoms with E-state index in [9.17, 15) is 24.9 Å². The number of unbranched alkanes of at least 4 members (excludes halogenated alkanes) is 3. The molecule has 2 heterocycles. The molecular formula is C29H33N3O6S. The van der Waals surface area contributed by atoms with E-state index in [1.807, 2.05) is 41.8 Å². The van der Waals surface area contributed by atoms with Crippen LogP contribution in [0.3, 0.4) is 0 Å². The van der Waals surface area contributed by atoms with E-state index < -0.39 is 18.2 Å². The second-order valence-corrected chi connectivity index (χ2v) is 10.2. The highest BCUT2D eigenvalue weighted by atomic mass is 32.1. The average Bonchev–Trinajstić information content (AvgIpc) is 3.46. The number of amides is 1. The molecule has 6 N–H and O–H groups in total. The third kappa shape index (κ3) is 7.82. The molecule has 0 fully saturated rings. The molecule has 0 saturated heterocycles. The number of H-pyrrole nitrogens is 1. The van der Waals surface area contributed by atoms with Gasteiger partial charge in [0.25, 0.3) is 0 Å². The Morgan fingerprint density at radius 1 is 1.03 bits per heavy atom. The number of hydrogen-bond acceptors (Lipinski definition) is 7. The van der Waals surface area contributed by atoms with Crippen LogP contribution in [0.1, 0.15) is 53.8 Å². The molecule has 0 bridgehead atoms. The van der Waals surface area contributed by atoms with Gasteiger partial charge in [-0.3, -0.25) is 4.79 Å². The van der Waals surface area contributed by atoms with Crippen LogP contribution >= 0.6 is 11.3 Å². The molecule has 0 aliphatic heterocycles. The summed E-state index contributed by atoms with van der Waals surface area (Å²) in [5.74, 6) is 0.684. The molecule has 0 radical (unpaired) electrons. The molecular weight excluding hydrogens is 518 g/mol. The topological polar surface area (TPSA) is 144 Å². The molecule has 0 aliphatic carbocycles. The van der Waals surface area contributed by atoms with Crippen molar-refractivity contribution in [2.45, 2.75) is 37.8 Å². The summed E-state index contributed by atoms with van der Waals surface area (Å²) >= 11 is 1.50. The lowest BCUT2D eigenvalue weighted by Gasteiger charge is -2.17. The quantitative estimate of drug-likeness (QED) is 0.122. The number of aliphatic hydroxyl groups excluding tert-OH is 1. The number of pyridine rings is 1. The van der Waals surface area contributed by atoms with E-state index in [1.54, 1.807) is 12.1 Å². The van der Waals surface area contributed by atoms with Crippen LogP contribution in [-0.4, -0.2) is 46.1 Å². The van der Waals surface area contributed by atoms with Gasteiger partial charge in [0, 0.05) is 22.9 Å². The summed E-state index contributed by atoms with van der Waals surface area (Å²) in [7, 11) is 0. The number of hydrogen-bond donors (Lipinski definition) is 6. The van der Waals surface area contributed by atoms with Gasteiger partial charge in [-0.05, 0) is 66.2 Å². The van der Waals surface area contributed by atoms with Crippen molar-refractivity contribution >= 4 is 28.3 Å².